The Kier molecular flexibility index (Phi) is 7.83. The van der Waals surface area contributed by atoms with Gasteiger partial charge in [-0.15, -0.1) is 0 Å². The van der Waals surface area contributed by atoms with Crippen LogP contribution in [0.4, 0.5) is 15.9 Å². The highest BCUT2D eigenvalue weighted by atomic mass is 32.2. The van der Waals surface area contributed by atoms with Crippen LogP contribution < -0.4 is 20.1 Å². The summed E-state index contributed by atoms with van der Waals surface area (Å²) < 4.78 is 48.2. The van der Waals surface area contributed by atoms with Gasteiger partial charge in [0.05, 0.1) is 23.6 Å². The second-order valence-electron chi connectivity index (χ2n) is 10.8. The van der Waals surface area contributed by atoms with Crippen molar-refractivity contribution in [3.05, 3.63) is 60.0 Å². The summed E-state index contributed by atoms with van der Waals surface area (Å²) in [5.41, 5.74) is 6.76. The summed E-state index contributed by atoms with van der Waals surface area (Å²) in [6.07, 6.45) is 2.20. The molecule has 39 heavy (non-hydrogen) atoms. The van der Waals surface area contributed by atoms with Crippen LogP contribution in [0.1, 0.15) is 51.4 Å². The van der Waals surface area contributed by atoms with Crippen molar-refractivity contribution < 1.29 is 22.3 Å². The number of carbonyl (C=O) groups excluding carboxylic acids is 1. The quantitative estimate of drug-likeness (QED) is 0.411. The summed E-state index contributed by atoms with van der Waals surface area (Å²) in [5.74, 6) is -0.389. The second-order valence-corrected chi connectivity index (χ2v) is 12.4. The minimum absolute atomic E-state index is 0.0108. The van der Waals surface area contributed by atoms with Gasteiger partial charge in [-0.25, -0.2) is 14.1 Å². The molecule has 1 amide bonds. The lowest BCUT2D eigenvalue weighted by molar-refractivity contribution is 0.0981. The van der Waals surface area contributed by atoms with E-state index in [0.717, 1.165) is 6.42 Å². The number of hydrogen-bond donors (Lipinski definition) is 2. The minimum Gasteiger partial charge on any atom is -0.493 e. The lowest BCUT2D eigenvalue weighted by Gasteiger charge is -2.37. The van der Waals surface area contributed by atoms with E-state index in [1.54, 1.807) is 12.1 Å². The first-order valence-electron chi connectivity index (χ1n) is 12.8. The molecule has 1 fully saturated rings. The van der Waals surface area contributed by atoms with E-state index in [1.165, 1.54) is 36.5 Å². The predicted molar refractivity (Wildman–Crippen MR) is 148 cm³/mol. The average molecular weight is 556 g/mol. The SMILES string of the molecule is CC(C)COc1cc(F)cc(-c2cc(N3CCC(C)C3(C)C)c(C(=O)NS(=O)(=O)c3cccc(N)n3)cn2)c1. The fourth-order valence-electron chi connectivity index (χ4n) is 4.53. The van der Waals surface area contributed by atoms with Crippen LogP contribution in [0, 0.1) is 17.7 Å². The highest BCUT2D eigenvalue weighted by Crippen LogP contribution is 2.40. The highest BCUT2D eigenvalue weighted by molar-refractivity contribution is 7.90. The van der Waals surface area contributed by atoms with Crippen LogP contribution in [0.5, 0.6) is 5.75 Å². The summed E-state index contributed by atoms with van der Waals surface area (Å²) in [6.45, 7) is 11.3. The number of anilines is 2. The molecule has 0 bridgehead atoms. The van der Waals surface area contributed by atoms with E-state index >= 15 is 0 Å². The van der Waals surface area contributed by atoms with Gasteiger partial charge in [0.25, 0.3) is 15.9 Å². The zero-order valence-electron chi connectivity index (χ0n) is 22.7. The maximum Gasteiger partial charge on any atom is 0.281 e. The maximum absolute atomic E-state index is 14.5. The first-order chi connectivity index (χ1) is 18.3. The molecule has 2 aromatic heterocycles. The topological polar surface area (TPSA) is 128 Å². The number of carbonyl (C=O) groups is 1. The Morgan fingerprint density at radius 1 is 1.26 bits per heavy atom. The predicted octanol–water partition coefficient (Wildman–Crippen LogP) is 4.64. The molecule has 1 aliphatic rings. The van der Waals surface area contributed by atoms with E-state index in [-0.39, 0.29) is 27.9 Å². The maximum atomic E-state index is 14.5. The number of hydrogen-bond acceptors (Lipinski definition) is 8. The smallest absolute Gasteiger partial charge is 0.281 e. The lowest BCUT2D eigenvalue weighted by Crippen LogP contribution is -2.43. The van der Waals surface area contributed by atoms with E-state index in [0.29, 0.717) is 41.8 Å². The van der Waals surface area contributed by atoms with Crippen LogP contribution in [0.2, 0.25) is 0 Å². The Hall–Kier alpha value is -3.73. The number of nitrogens with one attached hydrogen (secondary N) is 1. The molecule has 0 radical (unpaired) electrons. The van der Waals surface area contributed by atoms with Crippen LogP contribution in [-0.2, 0) is 10.0 Å². The summed E-state index contributed by atoms with van der Waals surface area (Å²) in [5, 5.41) is -0.370. The van der Waals surface area contributed by atoms with Gasteiger partial charge in [0.15, 0.2) is 5.03 Å². The summed E-state index contributed by atoms with van der Waals surface area (Å²) in [7, 11) is -4.30. The number of pyridine rings is 2. The Labute approximate surface area is 228 Å². The van der Waals surface area contributed by atoms with E-state index in [2.05, 4.69) is 40.4 Å². The molecule has 1 aromatic carbocycles. The van der Waals surface area contributed by atoms with Gasteiger partial charge in [0, 0.05) is 29.9 Å². The number of nitrogens with zero attached hydrogens (tertiary/aromatic N) is 3. The minimum atomic E-state index is -4.30. The van der Waals surface area contributed by atoms with E-state index in [9.17, 15) is 17.6 Å². The highest BCUT2D eigenvalue weighted by Gasteiger charge is 2.40. The number of benzene rings is 1. The third kappa shape index (κ3) is 6.13. The van der Waals surface area contributed by atoms with Crippen molar-refractivity contribution in [1.82, 2.24) is 14.7 Å². The zero-order valence-corrected chi connectivity index (χ0v) is 23.5. The van der Waals surface area contributed by atoms with E-state index < -0.39 is 21.7 Å². The van der Waals surface area contributed by atoms with Crippen molar-refractivity contribution in [2.45, 2.75) is 51.6 Å². The standard InChI is InChI=1S/C28H34FN5O4S/c1-17(2)16-38-21-12-19(11-20(29)13-21)23-14-24(34-10-9-18(3)28(34,4)5)22(15-31-23)27(35)33-39(36,37)26-8-6-7-25(30)32-26/h6-8,11-15,17-18H,9-10,16H2,1-5H3,(H2,30,32)(H,33,35). The number of halogens is 1. The molecule has 3 heterocycles. The molecule has 0 aliphatic carbocycles. The Morgan fingerprint density at radius 2 is 2.00 bits per heavy atom. The first kappa shape index (κ1) is 28.3. The van der Waals surface area contributed by atoms with Crippen LogP contribution in [-0.4, -0.2) is 43.0 Å². The van der Waals surface area contributed by atoms with Crippen molar-refractivity contribution in [2.24, 2.45) is 11.8 Å². The third-order valence-electron chi connectivity index (χ3n) is 7.10. The molecule has 1 saturated heterocycles. The van der Waals surface area contributed by atoms with Gasteiger partial charge in [0.2, 0.25) is 0 Å². The second kappa shape index (κ2) is 10.8. The fraction of sp³-hybridized carbons (Fsp3) is 0.393. The normalized spacial score (nSPS) is 16.9. The molecule has 0 spiro atoms. The van der Waals surface area contributed by atoms with E-state index in [4.69, 9.17) is 10.5 Å². The number of rotatable bonds is 8. The van der Waals surface area contributed by atoms with Crippen LogP contribution >= 0.6 is 0 Å². The lowest BCUT2D eigenvalue weighted by atomic mass is 9.90. The molecule has 4 rings (SSSR count). The molecule has 0 saturated carbocycles. The zero-order chi connectivity index (χ0) is 28.5. The molecular formula is C28H34FN5O4S. The number of nitrogen functional groups attached to an aromatic ring is 1. The van der Waals surface area contributed by atoms with Gasteiger partial charge in [-0.1, -0.05) is 26.8 Å². The van der Waals surface area contributed by atoms with Gasteiger partial charge < -0.3 is 15.4 Å². The number of amides is 1. The molecule has 11 heteroatoms. The van der Waals surface area contributed by atoms with Crippen molar-refractivity contribution >= 4 is 27.4 Å². The largest absolute Gasteiger partial charge is 0.493 e. The van der Waals surface area contributed by atoms with Crippen LogP contribution in [0.25, 0.3) is 11.3 Å². The van der Waals surface area contributed by atoms with Gasteiger partial charge in [0.1, 0.15) is 17.4 Å². The van der Waals surface area contributed by atoms with Crippen molar-refractivity contribution in [3.63, 3.8) is 0 Å². The summed E-state index contributed by atoms with van der Waals surface area (Å²) in [4.78, 5) is 23.7. The Bertz CT molecular complexity index is 1490. The van der Waals surface area contributed by atoms with Gasteiger partial charge in [-0.05, 0) is 62.4 Å². The monoisotopic (exact) mass is 555 g/mol. The molecule has 3 N–H and O–H groups in total. The Balaban J connectivity index is 1.77. The molecule has 1 atom stereocenters. The summed E-state index contributed by atoms with van der Waals surface area (Å²) >= 11 is 0. The number of aromatic nitrogens is 2. The number of sulfonamides is 1. The molecule has 1 unspecified atom stereocenters. The van der Waals surface area contributed by atoms with E-state index in [1.807, 2.05) is 13.8 Å². The molecule has 3 aromatic rings. The first-order valence-corrected chi connectivity index (χ1v) is 14.3. The van der Waals surface area contributed by atoms with Crippen molar-refractivity contribution in [1.29, 1.82) is 0 Å². The molecule has 9 nitrogen and oxygen atoms in total. The Morgan fingerprint density at radius 3 is 2.64 bits per heavy atom. The molecule has 208 valence electrons. The average Bonchev–Trinajstić information content (AvgIpc) is 3.13. The van der Waals surface area contributed by atoms with Crippen LogP contribution in [0.15, 0.2) is 53.7 Å². The number of ether oxygens (including phenoxy) is 1. The molecular weight excluding hydrogens is 521 g/mol. The number of nitrogens with two attached hydrogens (primary N) is 1. The van der Waals surface area contributed by atoms with Gasteiger partial charge >= 0.3 is 0 Å². The third-order valence-corrected chi connectivity index (χ3v) is 8.33. The van der Waals surface area contributed by atoms with Crippen molar-refractivity contribution in [2.75, 3.05) is 23.8 Å². The fourth-order valence-corrected chi connectivity index (χ4v) is 5.47. The van der Waals surface area contributed by atoms with Crippen molar-refractivity contribution in [3.8, 4) is 17.0 Å². The van der Waals surface area contributed by atoms with Gasteiger partial charge in [-0.2, -0.15) is 8.42 Å². The molecule has 1 aliphatic heterocycles. The van der Waals surface area contributed by atoms with Crippen LogP contribution in [0.3, 0.4) is 0 Å². The van der Waals surface area contributed by atoms with Gasteiger partial charge in [-0.3, -0.25) is 9.78 Å². The summed E-state index contributed by atoms with van der Waals surface area (Å²) in [6, 6.07) is 10.2.